The van der Waals surface area contributed by atoms with E-state index in [2.05, 4.69) is 21.3 Å². The Morgan fingerprint density at radius 3 is 2.31 bits per heavy atom. The molecule has 1 aliphatic carbocycles. The lowest BCUT2D eigenvalue weighted by Gasteiger charge is -2.39. The number of hydrogen-bond donors (Lipinski definition) is 5. The van der Waals surface area contributed by atoms with Gasteiger partial charge in [-0.25, -0.2) is 13.6 Å². The number of amides is 7. The maximum absolute atomic E-state index is 15.0. The number of carbonyl (C=O) groups is 7. The molecule has 316 valence electrons. The molecule has 7 rings (SSSR count). The van der Waals surface area contributed by atoms with Crippen molar-refractivity contribution in [2.45, 2.75) is 108 Å². The van der Waals surface area contributed by atoms with Gasteiger partial charge in [0.1, 0.15) is 47.4 Å². The number of nitrogens with one attached hydrogen (secondary N) is 4. The summed E-state index contributed by atoms with van der Waals surface area (Å²) in [5, 5.41) is 10.8. The molecule has 1 unspecified atom stereocenters. The number of rotatable bonds is 6. The number of aryl methyl sites for hydroxylation is 1. The number of benzene rings is 2. The predicted octanol–water partition coefficient (Wildman–Crippen LogP) is 1.76. The maximum Gasteiger partial charge on any atom is 0.319 e. The fourth-order valence-corrected chi connectivity index (χ4v) is 9.82. The number of Topliss-reactive ketones (excluding diaryl/α,β-unsaturated/α-hetero) is 1. The molecule has 0 aromatic heterocycles. The third kappa shape index (κ3) is 8.13. The number of nitrogens with zero attached hydrogens (tertiary/aromatic N) is 3. The molecule has 2 aromatic carbocycles. The number of ketones is 1. The quantitative estimate of drug-likeness (QED) is 0.290. The first-order chi connectivity index (χ1) is 28.0. The molecule has 15 nitrogen and oxygen atoms in total. The van der Waals surface area contributed by atoms with E-state index in [1.807, 2.05) is 13.8 Å². The van der Waals surface area contributed by atoms with Crippen LogP contribution in [-0.2, 0) is 35.2 Å². The van der Waals surface area contributed by atoms with Gasteiger partial charge in [0.2, 0.25) is 29.5 Å². The van der Waals surface area contributed by atoms with E-state index in [1.165, 1.54) is 14.7 Å². The van der Waals surface area contributed by atoms with Crippen molar-refractivity contribution >= 4 is 47.0 Å². The highest BCUT2D eigenvalue weighted by Gasteiger charge is 2.74. The van der Waals surface area contributed by atoms with Gasteiger partial charge in [-0.3, -0.25) is 28.8 Å². The van der Waals surface area contributed by atoms with Crippen LogP contribution in [0.5, 0.6) is 0 Å². The number of piperidine rings is 1. The van der Waals surface area contributed by atoms with Gasteiger partial charge in [-0.2, -0.15) is 0 Å². The number of anilines is 1. The first-order valence-corrected chi connectivity index (χ1v) is 20.4. The van der Waals surface area contributed by atoms with Crippen molar-refractivity contribution in [2.24, 2.45) is 23.5 Å². The van der Waals surface area contributed by atoms with E-state index < -0.39 is 107 Å². The Kier molecular flexibility index (Phi) is 11.5. The topological polar surface area (TPSA) is 203 Å². The van der Waals surface area contributed by atoms with Crippen LogP contribution in [0.4, 0.5) is 19.3 Å². The first-order valence-electron chi connectivity index (χ1n) is 20.4. The summed E-state index contributed by atoms with van der Waals surface area (Å²) in [7, 11) is 0. The summed E-state index contributed by atoms with van der Waals surface area (Å²) in [5.74, 6) is -7.19. The molecule has 7 amide bonds. The third-order valence-corrected chi connectivity index (χ3v) is 12.7. The number of carbonyl (C=O) groups excluding carboxylic acids is 7. The van der Waals surface area contributed by atoms with E-state index in [0.29, 0.717) is 37.4 Å². The highest BCUT2D eigenvalue weighted by molar-refractivity contribution is 6.12. The van der Waals surface area contributed by atoms with Crippen molar-refractivity contribution in [3.63, 3.8) is 0 Å². The van der Waals surface area contributed by atoms with Gasteiger partial charge in [-0.05, 0) is 87.6 Å². The summed E-state index contributed by atoms with van der Waals surface area (Å²) < 4.78 is 28.8. The average Bonchev–Trinajstić information content (AvgIpc) is 3.40. The van der Waals surface area contributed by atoms with Crippen LogP contribution in [0.25, 0.3) is 0 Å². The minimum Gasteiger partial charge on any atom is -0.343 e. The molecule has 0 radical (unpaired) electrons. The van der Waals surface area contributed by atoms with Crippen molar-refractivity contribution in [3.8, 4) is 0 Å². The van der Waals surface area contributed by atoms with Crippen LogP contribution in [0, 0.1) is 36.3 Å². The van der Waals surface area contributed by atoms with Gasteiger partial charge in [0.15, 0.2) is 5.78 Å². The summed E-state index contributed by atoms with van der Waals surface area (Å²) in [6.07, 6.45) is 1.59. The van der Waals surface area contributed by atoms with Gasteiger partial charge in [0.05, 0.1) is 5.92 Å². The van der Waals surface area contributed by atoms with E-state index in [0.717, 1.165) is 17.7 Å². The van der Waals surface area contributed by atoms with Crippen molar-refractivity contribution in [3.05, 3.63) is 65.2 Å². The first kappa shape index (κ1) is 41.7. The summed E-state index contributed by atoms with van der Waals surface area (Å²) in [4.78, 5) is 104. The third-order valence-electron chi connectivity index (χ3n) is 12.7. The highest BCUT2D eigenvalue weighted by atomic mass is 19.1. The van der Waals surface area contributed by atoms with Crippen molar-refractivity contribution < 1.29 is 42.3 Å². The van der Waals surface area contributed by atoms with E-state index in [-0.39, 0.29) is 43.3 Å². The lowest BCUT2D eigenvalue weighted by Crippen LogP contribution is -2.61. The number of fused-ring (bicyclic) bond motifs is 2. The van der Waals surface area contributed by atoms with Crippen LogP contribution in [0.15, 0.2) is 42.5 Å². The van der Waals surface area contributed by atoms with Crippen LogP contribution < -0.4 is 27.0 Å². The summed E-state index contributed by atoms with van der Waals surface area (Å²) in [5.41, 5.74) is 6.49. The number of urea groups is 1. The molecule has 4 saturated heterocycles. The summed E-state index contributed by atoms with van der Waals surface area (Å²) in [6.45, 7) is 7.35. The fourth-order valence-electron chi connectivity index (χ4n) is 9.82. The van der Waals surface area contributed by atoms with Crippen LogP contribution in [0.2, 0.25) is 0 Å². The zero-order valence-electron chi connectivity index (χ0n) is 33.6. The van der Waals surface area contributed by atoms with Gasteiger partial charge in [-0.1, -0.05) is 31.5 Å². The van der Waals surface area contributed by atoms with Crippen LogP contribution in [0.3, 0.4) is 0 Å². The summed E-state index contributed by atoms with van der Waals surface area (Å²) >= 11 is 0. The van der Waals surface area contributed by atoms with Gasteiger partial charge in [0.25, 0.3) is 0 Å². The van der Waals surface area contributed by atoms with Gasteiger partial charge in [-0.15, -0.1) is 0 Å². The molecule has 10 atom stereocenters. The second kappa shape index (κ2) is 16.3. The number of hydrogen-bond acceptors (Lipinski definition) is 8. The Bertz CT molecular complexity index is 2030. The molecule has 17 heteroatoms. The second-order valence-electron chi connectivity index (χ2n) is 17.1. The Balaban J connectivity index is 1.26. The minimum absolute atomic E-state index is 0.0368. The predicted molar refractivity (Wildman–Crippen MR) is 210 cm³/mol. The van der Waals surface area contributed by atoms with E-state index in [1.54, 1.807) is 38.1 Å². The number of nitrogens with two attached hydrogens (primary N) is 1. The van der Waals surface area contributed by atoms with Crippen LogP contribution in [0.1, 0.15) is 64.0 Å². The Morgan fingerprint density at radius 1 is 0.915 bits per heavy atom. The Hall–Kier alpha value is -5.45. The zero-order chi connectivity index (χ0) is 42.5. The Labute approximate surface area is 341 Å². The normalized spacial score (nSPS) is 31.5. The van der Waals surface area contributed by atoms with Crippen LogP contribution >= 0.6 is 0 Å². The fraction of sp³-hybridized carbons (Fsp3) is 0.548. The van der Waals surface area contributed by atoms with Gasteiger partial charge >= 0.3 is 6.03 Å². The highest BCUT2D eigenvalue weighted by Crippen LogP contribution is 2.57. The molecule has 2 aromatic rings. The molecule has 6 N–H and O–H groups in total. The van der Waals surface area contributed by atoms with Gasteiger partial charge in [0, 0.05) is 43.9 Å². The minimum atomic E-state index is -1.50. The maximum atomic E-state index is 15.0. The second-order valence-corrected chi connectivity index (χ2v) is 17.1. The lowest BCUT2D eigenvalue weighted by molar-refractivity contribution is -0.151. The van der Waals surface area contributed by atoms with Crippen molar-refractivity contribution in [2.75, 3.05) is 25.0 Å². The SMILES string of the molecule is Cc1ccc(NC(=O)N[C@@H](Cc2cc(F)cc(F)c2)C(=O)N[C@@H]2C(=O)N3C[C@@H](N)C[C@H]3C(=O)N3CCCC[C@H]3C(=O)N[C@@H](C)C(=O)N3C[C@H](C)CC34C(=O)[C@@H]4[C@H]2C)cc1. The molecule has 0 bridgehead atoms. The molecule has 5 aliphatic rings. The van der Waals surface area contributed by atoms with Crippen LogP contribution in [-0.4, -0.2) is 117 Å². The molecule has 4 heterocycles. The van der Waals surface area contributed by atoms with Crippen molar-refractivity contribution in [1.29, 1.82) is 0 Å². The molecule has 59 heavy (non-hydrogen) atoms. The van der Waals surface area contributed by atoms with E-state index >= 15 is 4.79 Å². The monoisotopic (exact) mass is 818 g/mol. The molecular formula is C42H52F2N8O7. The van der Waals surface area contributed by atoms with Crippen molar-refractivity contribution in [1.82, 2.24) is 30.7 Å². The molecule has 1 saturated carbocycles. The van der Waals surface area contributed by atoms with Gasteiger partial charge < -0.3 is 41.7 Å². The molecular weight excluding hydrogens is 767 g/mol. The molecule has 1 spiro atoms. The van der Waals surface area contributed by atoms with E-state index in [9.17, 15) is 37.5 Å². The molecule has 5 fully saturated rings. The number of halogens is 2. The van der Waals surface area contributed by atoms with E-state index in [4.69, 9.17) is 5.73 Å². The standard InChI is InChI=1S/C42H52F2N8O7/c1-21-8-10-29(11-9-21)47-41(59)48-30(15-25-13-26(43)16-27(44)14-25)36(54)49-34-23(3)33-35(53)42(33)18-22(2)19-52(42)38(56)24(4)46-37(55)31-7-5-6-12-50(31)39(57)32-17-28(45)20-51(32)40(34)58/h8-11,13-14,16,22-24,28,30-34H,5-7,12,15,17-20,45H2,1-4H3,(H,46,55)(H,49,54)(H2,47,48,59)/t22-,23-,24+,28+,30+,31+,32+,33+,34+,42?/m1/s1. The smallest absolute Gasteiger partial charge is 0.319 e. The average molecular weight is 819 g/mol. The zero-order valence-corrected chi connectivity index (χ0v) is 33.6. The Morgan fingerprint density at radius 2 is 1.61 bits per heavy atom. The lowest BCUT2D eigenvalue weighted by atomic mass is 9.90. The molecule has 4 aliphatic heterocycles. The summed E-state index contributed by atoms with van der Waals surface area (Å²) in [6, 6.07) is 2.09. The largest absolute Gasteiger partial charge is 0.343 e.